The second-order valence-electron chi connectivity index (χ2n) is 5.38. The van der Waals surface area contributed by atoms with Gasteiger partial charge in [-0.15, -0.1) is 0 Å². The van der Waals surface area contributed by atoms with Crippen molar-refractivity contribution in [3.05, 3.63) is 27.7 Å². The summed E-state index contributed by atoms with van der Waals surface area (Å²) in [6.45, 7) is 3.39. The van der Waals surface area contributed by atoms with E-state index in [1.807, 2.05) is 13.0 Å². The monoisotopic (exact) mass is 331 g/mol. The van der Waals surface area contributed by atoms with Crippen LogP contribution in [-0.4, -0.2) is 35.7 Å². The second-order valence-corrected chi connectivity index (χ2v) is 6.22. The van der Waals surface area contributed by atoms with Crippen molar-refractivity contribution < 1.29 is 14.6 Å². The first-order valence-corrected chi connectivity index (χ1v) is 7.68. The highest BCUT2D eigenvalue weighted by atomic mass is 35.5. The van der Waals surface area contributed by atoms with Crippen LogP contribution < -0.4 is 4.74 Å². The molecular formula is C15H19Cl2NO3. The molecule has 1 aromatic rings. The van der Waals surface area contributed by atoms with E-state index in [9.17, 15) is 9.90 Å². The number of carboxylic acids is 1. The van der Waals surface area contributed by atoms with Crippen LogP contribution in [0.15, 0.2) is 12.1 Å². The maximum Gasteiger partial charge on any atom is 0.308 e. The Bertz CT molecular complexity index is 536. The fourth-order valence-electron chi connectivity index (χ4n) is 2.94. The molecule has 0 aliphatic carbocycles. The molecule has 2 rings (SSSR count). The van der Waals surface area contributed by atoms with Crippen molar-refractivity contribution in [2.24, 2.45) is 5.92 Å². The average Bonchev–Trinajstić information content (AvgIpc) is 2.40. The molecule has 0 aromatic heterocycles. The van der Waals surface area contributed by atoms with Gasteiger partial charge in [0.15, 0.2) is 0 Å². The first-order chi connectivity index (χ1) is 9.93. The zero-order chi connectivity index (χ0) is 15.6. The van der Waals surface area contributed by atoms with Crippen molar-refractivity contribution in [3.63, 3.8) is 0 Å². The maximum atomic E-state index is 11.3. The van der Waals surface area contributed by atoms with Gasteiger partial charge in [-0.1, -0.05) is 23.2 Å². The van der Waals surface area contributed by atoms with Gasteiger partial charge in [0, 0.05) is 23.2 Å². The van der Waals surface area contributed by atoms with Gasteiger partial charge in [-0.2, -0.15) is 0 Å². The minimum absolute atomic E-state index is 0.0290. The summed E-state index contributed by atoms with van der Waals surface area (Å²) < 4.78 is 5.35. The number of carbonyl (C=O) groups is 1. The second kappa shape index (κ2) is 6.86. The smallest absolute Gasteiger partial charge is 0.308 e. The summed E-state index contributed by atoms with van der Waals surface area (Å²) in [7, 11) is 1.57. The predicted octanol–water partition coefficient (Wildman–Crippen LogP) is 3.69. The van der Waals surface area contributed by atoms with Crippen LogP contribution in [0.25, 0.3) is 0 Å². The molecule has 21 heavy (non-hydrogen) atoms. The number of hydrogen-bond acceptors (Lipinski definition) is 3. The van der Waals surface area contributed by atoms with Crippen molar-refractivity contribution in [1.82, 2.24) is 4.90 Å². The third kappa shape index (κ3) is 3.62. The highest BCUT2D eigenvalue weighted by Gasteiger charge is 2.33. The van der Waals surface area contributed by atoms with Gasteiger partial charge < -0.3 is 9.84 Å². The van der Waals surface area contributed by atoms with E-state index in [1.54, 1.807) is 13.2 Å². The third-order valence-electron chi connectivity index (χ3n) is 4.10. The number of piperidine rings is 1. The molecule has 1 N–H and O–H groups in total. The number of nitrogens with zero attached hydrogens (tertiary/aromatic N) is 1. The van der Waals surface area contributed by atoms with Crippen LogP contribution in [0.3, 0.4) is 0 Å². The molecule has 1 aromatic carbocycles. The van der Waals surface area contributed by atoms with Gasteiger partial charge in [-0.25, -0.2) is 0 Å². The molecule has 4 nitrogen and oxygen atoms in total. The summed E-state index contributed by atoms with van der Waals surface area (Å²) in [5.74, 6) is -0.464. The number of methoxy groups -OCH3 is 1. The van der Waals surface area contributed by atoms with Gasteiger partial charge in [-0.05, 0) is 38.4 Å². The van der Waals surface area contributed by atoms with E-state index < -0.39 is 5.97 Å². The molecule has 0 bridgehead atoms. The Hall–Kier alpha value is -0.970. The van der Waals surface area contributed by atoms with E-state index in [-0.39, 0.29) is 12.0 Å². The molecule has 1 heterocycles. The summed E-state index contributed by atoms with van der Waals surface area (Å²) in [5.41, 5.74) is 0.882. The summed E-state index contributed by atoms with van der Waals surface area (Å²) in [5, 5.41) is 10.3. The zero-order valence-electron chi connectivity index (χ0n) is 12.1. The van der Waals surface area contributed by atoms with Crippen molar-refractivity contribution in [1.29, 1.82) is 0 Å². The van der Waals surface area contributed by atoms with Gasteiger partial charge in [-0.3, -0.25) is 9.69 Å². The minimum atomic E-state index is -0.733. The molecular weight excluding hydrogens is 313 g/mol. The topological polar surface area (TPSA) is 49.8 Å². The fourth-order valence-corrected chi connectivity index (χ4v) is 3.56. The van der Waals surface area contributed by atoms with E-state index >= 15 is 0 Å². The Morgan fingerprint density at radius 2 is 2.19 bits per heavy atom. The third-order valence-corrected chi connectivity index (χ3v) is 4.60. The molecule has 2 atom stereocenters. The van der Waals surface area contributed by atoms with Crippen molar-refractivity contribution in [2.75, 3.05) is 13.7 Å². The SMILES string of the molecule is COc1c(Cl)cc(Cl)cc1CN1CCC[C@H](C(=O)O)[C@@H]1C. The fraction of sp³-hybridized carbons (Fsp3) is 0.533. The summed E-state index contributed by atoms with van der Waals surface area (Å²) in [6, 6.07) is 3.44. The van der Waals surface area contributed by atoms with Gasteiger partial charge in [0.2, 0.25) is 0 Å². The lowest BCUT2D eigenvalue weighted by Gasteiger charge is -2.37. The number of rotatable bonds is 4. The Balaban J connectivity index is 2.23. The molecule has 1 aliphatic heterocycles. The summed E-state index contributed by atoms with van der Waals surface area (Å²) >= 11 is 12.2. The van der Waals surface area contributed by atoms with Gasteiger partial charge in [0.05, 0.1) is 18.1 Å². The van der Waals surface area contributed by atoms with Gasteiger partial charge >= 0.3 is 5.97 Å². The number of likely N-dealkylation sites (tertiary alicyclic amines) is 1. The lowest BCUT2D eigenvalue weighted by Crippen LogP contribution is -2.45. The van der Waals surface area contributed by atoms with E-state index in [4.69, 9.17) is 27.9 Å². The maximum absolute atomic E-state index is 11.3. The van der Waals surface area contributed by atoms with Crippen LogP contribution in [0, 0.1) is 5.92 Å². The quantitative estimate of drug-likeness (QED) is 0.914. The highest BCUT2D eigenvalue weighted by Crippen LogP contribution is 2.34. The first-order valence-electron chi connectivity index (χ1n) is 6.92. The molecule has 0 saturated carbocycles. The summed E-state index contributed by atoms with van der Waals surface area (Å²) in [4.78, 5) is 13.4. The molecule has 0 spiro atoms. The first kappa shape index (κ1) is 16.4. The number of carboxylic acid groups (broad SMARTS) is 1. The van der Waals surface area contributed by atoms with E-state index in [2.05, 4.69) is 4.90 Å². The molecule has 0 amide bonds. The number of ether oxygens (including phenoxy) is 1. The molecule has 6 heteroatoms. The Kier molecular flexibility index (Phi) is 5.36. The van der Waals surface area contributed by atoms with Crippen LogP contribution >= 0.6 is 23.2 Å². The normalized spacial score (nSPS) is 23.0. The molecule has 1 fully saturated rings. The number of hydrogen-bond donors (Lipinski definition) is 1. The lowest BCUT2D eigenvalue weighted by atomic mass is 9.90. The molecule has 116 valence electrons. The van der Waals surface area contributed by atoms with Crippen LogP contribution in [0.4, 0.5) is 0 Å². The Labute approximate surface area is 134 Å². The standard InChI is InChI=1S/C15H19Cl2NO3/c1-9-12(15(19)20)4-3-5-18(9)8-10-6-11(16)7-13(17)14(10)21-2/h6-7,9,12H,3-5,8H2,1-2H3,(H,19,20)/t9-,12-/m0/s1. The number of benzene rings is 1. The van der Waals surface area contributed by atoms with Crippen LogP contribution in [0.2, 0.25) is 10.0 Å². The molecule has 0 unspecified atom stereocenters. The Morgan fingerprint density at radius 3 is 2.81 bits per heavy atom. The minimum Gasteiger partial charge on any atom is -0.495 e. The van der Waals surface area contributed by atoms with Crippen molar-refractivity contribution in [2.45, 2.75) is 32.4 Å². The summed E-state index contributed by atoms with van der Waals surface area (Å²) in [6.07, 6.45) is 1.60. The van der Waals surface area contributed by atoms with Crippen LogP contribution in [-0.2, 0) is 11.3 Å². The van der Waals surface area contributed by atoms with Gasteiger partial charge in [0.25, 0.3) is 0 Å². The number of aliphatic carboxylic acids is 1. The van der Waals surface area contributed by atoms with E-state index in [1.165, 1.54) is 0 Å². The van der Waals surface area contributed by atoms with E-state index in [0.717, 1.165) is 24.9 Å². The molecule has 0 radical (unpaired) electrons. The van der Waals surface area contributed by atoms with Crippen molar-refractivity contribution >= 4 is 29.2 Å². The Morgan fingerprint density at radius 1 is 1.48 bits per heavy atom. The van der Waals surface area contributed by atoms with Crippen LogP contribution in [0.1, 0.15) is 25.3 Å². The number of halogens is 2. The molecule has 1 saturated heterocycles. The predicted molar refractivity (Wildman–Crippen MR) is 83.2 cm³/mol. The lowest BCUT2D eigenvalue weighted by molar-refractivity contribution is -0.145. The van der Waals surface area contributed by atoms with E-state index in [0.29, 0.717) is 22.3 Å². The highest BCUT2D eigenvalue weighted by molar-refractivity contribution is 6.35. The average molecular weight is 332 g/mol. The molecule has 1 aliphatic rings. The zero-order valence-corrected chi connectivity index (χ0v) is 13.6. The van der Waals surface area contributed by atoms with Gasteiger partial charge in [0.1, 0.15) is 5.75 Å². The van der Waals surface area contributed by atoms with Crippen LogP contribution in [0.5, 0.6) is 5.75 Å². The van der Waals surface area contributed by atoms with Crippen molar-refractivity contribution in [3.8, 4) is 5.75 Å². The largest absolute Gasteiger partial charge is 0.495 e.